The summed E-state index contributed by atoms with van der Waals surface area (Å²) in [5.41, 5.74) is 1.68. The van der Waals surface area contributed by atoms with E-state index < -0.39 is 17.5 Å². The lowest BCUT2D eigenvalue weighted by Crippen LogP contribution is -2.30. The van der Waals surface area contributed by atoms with Gasteiger partial charge < -0.3 is 10.3 Å². The Morgan fingerprint density at radius 1 is 1.09 bits per heavy atom. The molecule has 0 radical (unpaired) electrons. The van der Waals surface area contributed by atoms with E-state index in [0.717, 1.165) is 5.56 Å². The SMILES string of the molecule is O=C(NCc1ccccc1)C(=O)c1c[nH]c2ccc(F)cc12. The summed E-state index contributed by atoms with van der Waals surface area (Å²) < 4.78 is 13.3. The van der Waals surface area contributed by atoms with Gasteiger partial charge in [-0.15, -0.1) is 0 Å². The van der Waals surface area contributed by atoms with Crippen LogP contribution in [0.1, 0.15) is 15.9 Å². The van der Waals surface area contributed by atoms with Crippen molar-refractivity contribution in [2.75, 3.05) is 0 Å². The van der Waals surface area contributed by atoms with Crippen LogP contribution in [0.3, 0.4) is 0 Å². The molecule has 0 spiro atoms. The maximum absolute atomic E-state index is 13.3. The third-order valence-corrected chi connectivity index (χ3v) is 3.39. The molecule has 4 nitrogen and oxygen atoms in total. The predicted octanol–water partition coefficient (Wildman–Crippen LogP) is 2.81. The molecule has 2 N–H and O–H groups in total. The van der Waals surface area contributed by atoms with Crippen molar-refractivity contribution < 1.29 is 14.0 Å². The van der Waals surface area contributed by atoms with Gasteiger partial charge in [0.05, 0.1) is 5.56 Å². The molecule has 1 aromatic heterocycles. The second-order valence-corrected chi connectivity index (χ2v) is 4.89. The summed E-state index contributed by atoms with van der Waals surface area (Å²) in [6.07, 6.45) is 1.43. The number of aromatic nitrogens is 1. The first kappa shape index (κ1) is 14.0. The van der Waals surface area contributed by atoms with E-state index in [4.69, 9.17) is 0 Å². The second kappa shape index (κ2) is 5.81. The Kier molecular flexibility index (Phi) is 3.70. The van der Waals surface area contributed by atoms with Crippen molar-refractivity contribution in [3.8, 4) is 0 Å². The van der Waals surface area contributed by atoms with Gasteiger partial charge >= 0.3 is 0 Å². The van der Waals surface area contributed by atoms with E-state index in [1.54, 1.807) is 0 Å². The number of H-pyrrole nitrogens is 1. The summed E-state index contributed by atoms with van der Waals surface area (Å²) in [6.45, 7) is 0.266. The van der Waals surface area contributed by atoms with Crippen LogP contribution >= 0.6 is 0 Å². The van der Waals surface area contributed by atoms with Crippen LogP contribution < -0.4 is 5.32 Å². The summed E-state index contributed by atoms with van der Waals surface area (Å²) in [6, 6.07) is 13.3. The summed E-state index contributed by atoms with van der Waals surface area (Å²) >= 11 is 0. The first-order valence-corrected chi connectivity index (χ1v) is 6.78. The molecule has 0 unspecified atom stereocenters. The second-order valence-electron chi connectivity index (χ2n) is 4.89. The monoisotopic (exact) mass is 296 g/mol. The lowest BCUT2D eigenvalue weighted by Gasteiger charge is -2.04. The van der Waals surface area contributed by atoms with Gasteiger partial charge in [-0.25, -0.2) is 4.39 Å². The molecule has 3 rings (SSSR count). The highest BCUT2D eigenvalue weighted by atomic mass is 19.1. The van der Waals surface area contributed by atoms with Gasteiger partial charge in [-0.1, -0.05) is 30.3 Å². The number of fused-ring (bicyclic) bond motifs is 1. The first-order chi connectivity index (χ1) is 10.6. The fraction of sp³-hybridized carbons (Fsp3) is 0.0588. The first-order valence-electron chi connectivity index (χ1n) is 6.78. The highest BCUT2D eigenvalue weighted by Gasteiger charge is 2.19. The molecule has 0 saturated carbocycles. The van der Waals surface area contributed by atoms with Crippen molar-refractivity contribution >= 4 is 22.6 Å². The molecule has 22 heavy (non-hydrogen) atoms. The normalized spacial score (nSPS) is 10.6. The summed E-state index contributed by atoms with van der Waals surface area (Å²) in [5.74, 6) is -1.85. The third-order valence-electron chi connectivity index (χ3n) is 3.39. The molecular formula is C17H13FN2O2. The number of carbonyl (C=O) groups excluding carboxylic acids is 2. The fourth-order valence-electron chi connectivity index (χ4n) is 2.26. The van der Waals surface area contributed by atoms with Gasteiger partial charge in [0, 0.05) is 23.6 Å². The Hall–Kier alpha value is -2.95. The molecule has 0 aliphatic heterocycles. The minimum absolute atomic E-state index is 0.167. The van der Waals surface area contributed by atoms with E-state index >= 15 is 0 Å². The van der Waals surface area contributed by atoms with E-state index in [-0.39, 0.29) is 12.1 Å². The van der Waals surface area contributed by atoms with Crippen LogP contribution in [0.2, 0.25) is 0 Å². The molecule has 0 aliphatic carbocycles. The average Bonchev–Trinajstić information content (AvgIpc) is 2.95. The van der Waals surface area contributed by atoms with E-state index in [2.05, 4.69) is 10.3 Å². The molecule has 2 aromatic carbocycles. The quantitative estimate of drug-likeness (QED) is 0.574. The molecule has 110 valence electrons. The van der Waals surface area contributed by atoms with Gasteiger partial charge in [0.25, 0.3) is 11.7 Å². The maximum Gasteiger partial charge on any atom is 0.292 e. The topological polar surface area (TPSA) is 62.0 Å². The van der Waals surface area contributed by atoms with Gasteiger partial charge in [0.1, 0.15) is 5.82 Å². The summed E-state index contributed by atoms with van der Waals surface area (Å²) in [4.78, 5) is 27.0. The largest absolute Gasteiger partial charge is 0.360 e. The number of carbonyl (C=O) groups is 2. The number of hydrogen-bond donors (Lipinski definition) is 2. The smallest absolute Gasteiger partial charge is 0.292 e. The molecule has 0 saturated heterocycles. The zero-order chi connectivity index (χ0) is 15.5. The van der Waals surface area contributed by atoms with Gasteiger partial charge in [0.15, 0.2) is 0 Å². The predicted molar refractivity (Wildman–Crippen MR) is 80.9 cm³/mol. The maximum atomic E-state index is 13.3. The van der Waals surface area contributed by atoms with E-state index in [0.29, 0.717) is 10.9 Å². The number of ketones is 1. The van der Waals surface area contributed by atoms with Crippen LogP contribution in [0.4, 0.5) is 4.39 Å². The van der Waals surface area contributed by atoms with Crippen molar-refractivity contribution in [2.45, 2.75) is 6.54 Å². The van der Waals surface area contributed by atoms with Crippen LogP contribution in [0, 0.1) is 5.82 Å². The molecule has 1 heterocycles. The van der Waals surface area contributed by atoms with Gasteiger partial charge in [0.2, 0.25) is 0 Å². The lowest BCUT2D eigenvalue weighted by atomic mass is 10.1. The van der Waals surface area contributed by atoms with Crippen LogP contribution in [0.25, 0.3) is 10.9 Å². The van der Waals surface area contributed by atoms with Gasteiger partial charge in [-0.3, -0.25) is 9.59 Å². The number of hydrogen-bond acceptors (Lipinski definition) is 2. The number of Topliss-reactive ketones (excluding diaryl/α,β-unsaturated/α-hetero) is 1. The van der Waals surface area contributed by atoms with Crippen molar-refractivity contribution in [3.63, 3.8) is 0 Å². The van der Waals surface area contributed by atoms with Crippen LogP contribution in [-0.2, 0) is 11.3 Å². The molecule has 0 atom stereocenters. The highest BCUT2D eigenvalue weighted by molar-refractivity contribution is 6.44. The number of rotatable bonds is 4. The molecule has 5 heteroatoms. The summed E-state index contributed by atoms with van der Waals surface area (Å²) in [7, 11) is 0. The Morgan fingerprint density at radius 3 is 2.64 bits per heavy atom. The zero-order valence-corrected chi connectivity index (χ0v) is 11.6. The van der Waals surface area contributed by atoms with Crippen molar-refractivity contribution in [2.24, 2.45) is 0 Å². The Morgan fingerprint density at radius 2 is 1.86 bits per heavy atom. The number of amides is 1. The molecule has 0 bridgehead atoms. The average molecular weight is 296 g/mol. The standard InChI is InChI=1S/C17H13FN2O2/c18-12-6-7-15-13(8-12)14(10-19-15)16(21)17(22)20-9-11-4-2-1-3-5-11/h1-8,10,19H,9H2,(H,20,22). The minimum Gasteiger partial charge on any atom is -0.360 e. The number of benzene rings is 2. The van der Waals surface area contributed by atoms with Crippen molar-refractivity contribution in [1.82, 2.24) is 10.3 Å². The van der Waals surface area contributed by atoms with E-state index in [1.165, 1.54) is 24.4 Å². The van der Waals surface area contributed by atoms with Crippen LogP contribution in [0.5, 0.6) is 0 Å². The zero-order valence-electron chi connectivity index (χ0n) is 11.6. The van der Waals surface area contributed by atoms with Gasteiger partial charge in [-0.2, -0.15) is 0 Å². The Balaban J connectivity index is 1.77. The van der Waals surface area contributed by atoms with Crippen molar-refractivity contribution in [1.29, 1.82) is 0 Å². The summed E-state index contributed by atoms with van der Waals surface area (Å²) in [5, 5.41) is 2.97. The van der Waals surface area contributed by atoms with E-state index in [9.17, 15) is 14.0 Å². The Labute approximate surface area is 126 Å². The van der Waals surface area contributed by atoms with Crippen LogP contribution in [-0.4, -0.2) is 16.7 Å². The van der Waals surface area contributed by atoms with Crippen molar-refractivity contribution in [3.05, 3.63) is 71.7 Å². The van der Waals surface area contributed by atoms with E-state index in [1.807, 2.05) is 30.3 Å². The lowest BCUT2D eigenvalue weighted by molar-refractivity contribution is -0.117. The molecule has 3 aromatic rings. The third kappa shape index (κ3) is 2.74. The molecular weight excluding hydrogens is 283 g/mol. The number of aromatic amines is 1. The fourth-order valence-corrected chi connectivity index (χ4v) is 2.26. The highest BCUT2D eigenvalue weighted by Crippen LogP contribution is 2.19. The van der Waals surface area contributed by atoms with Crippen LogP contribution in [0.15, 0.2) is 54.7 Å². The number of nitrogens with one attached hydrogen (secondary N) is 2. The molecule has 1 amide bonds. The Bertz CT molecular complexity index is 840. The molecule has 0 aliphatic rings. The molecule has 0 fully saturated rings. The minimum atomic E-state index is -0.714. The van der Waals surface area contributed by atoms with Gasteiger partial charge in [-0.05, 0) is 23.8 Å². The number of halogens is 1.